The first-order chi connectivity index (χ1) is 4.74. The van der Waals surface area contributed by atoms with Crippen LogP contribution in [0.4, 0.5) is 0 Å². The Labute approximate surface area is 58.3 Å². The van der Waals surface area contributed by atoms with Gasteiger partial charge in [-0.05, 0) is 6.92 Å². The lowest BCUT2D eigenvalue weighted by molar-refractivity contribution is 0.280. The monoisotopic (exact) mass is 139 g/mol. The highest BCUT2D eigenvalue weighted by Crippen LogP contribution is 1.89. The first-order valence-electron chi connectivity index (χ1n) is 3.03. The summed E-state index contributed by atoms with van der Waals surface area (Å²) in [4.78, 5) is 13.7. The first-order valence-corrected chi connectivity index (χ1v) is 3.03. The Balaban J connectivity index is 3.20. The van der Waals surface area contributed by atoms with E-state index in [1.54, 1.807) is 6.92 Å². The second-order valence-electron chi connectivity index (χ2n) is 2.16. The number of aliphatic hydroxyl groups excluding tert-OH is 1. The first kappa shape index (κ1) is 7.02. The van der Waals surface area contributed by atoms with Gasteiger partial charge in [0.15, 0.2) is 5.43 Å². The van der Waals surface area contributed by atoms with Crippen LogP contribution in [0.2, 0.25) is 0 Å². The van der Waals surface area contributed by atoms with Gasteiger partial charge >= 0.3 is 0 Å². The SMILES string of the molecule is Cc1cc(=O)c(CO)c[nH]1. The van der Waals surface area contributed by atoms with E-state index in [-0.39, 0.29) is 12.0 Å². The average Bonchev–Trinajstić information content (AvgIpc) is 1.88. The summed E-state index contributed by atoms with van der Waals surface area (Å²) in [7, 11) is 0. The number of H-pyrrole nitrogens is 1. The number of hydrogen-bond donors (Lipinski definition) is 2. The van der Waals surface area contributed by atoms with Crippen molar-refractivity contribution < 1.29 is 5.11 Å². The predicted molar refractivity (Wildman–Crippen MR) is 37.7 cm³/mol. The summed E-state index contributed by atoms with van der Waals surface area (Å²) in [6.07, 6.45) is 1.53. The summed E-state index contributed by atoms with van der Waals surface area (Å²) >= 11 is 0. The van der Waals surface area contributed by atoms with Crippen LogP contribution >= 0.6 is 0 Å². The zero-order valence-electron chi connectivity index (χ0n) is 5.72. The van der Waals surface area contributed by atoms with Crippen LogP contribution < -0.4 is 5.43 Å². The fourth-order valence-corrected chi connectivity index (χ4v) is 0.727. The molecule has 0 spiro atoms. The summed E-state index contributed by atoms with van der Waals surface area (Å²) in [6.45, 7) is 1.60. The summed E-state index contributed by atoms with van der Waals surface area (Å²) in [6, 6.07) is 1.46. The molecule has 54 valence electrons. The van der Waals surface area contributed by atoms with Crippen molar-refractivity contribution in [2.45, 2.75) is 13.5 Å². The van der Waals surface area contributed by atoms with Gasteiger partial charge in [-0.15, -0.1) is 0 Å². The van der Waals surface area contributed by atoms with Gasteiger partial charge in [-0.3, -0.25) is 4.79 Å². The number of aliphatic hydroxyl groups is 1. The van der Waals surface area contributed by atoms with E-state index < -0.39 is 0 Å². The molecule has 1 aromatic heterocycles. The van der Waals surface area contributed by atoms with Crippen molar-refractivity contribution in [2.75, 3.05) is 0 Å². The van der Waals surface area contributed by atoms with Crippen molar-refractivity contribution in [3.63, 3.8) is 0 Å². The van der Waals surface area contributed by atoms with Gasteiger partial charge in [0.05, 0.1) is 6.61 Å². The highest BCUT2D eigenvalue weighted by molar-refractivity contribution is 5.12. The minimum Gasteiger partial charge on any atom is -0.391 e. The van der Waals surface area contributed by atoms with Gasteiger partial charge in [-0.2, -0.15) is 0 Å². The van der Waals surface area contributed by atoms with Crippen molar-refractivity contribution in [3.8, 4) is 0 Å². The van der Waals surface area contributed by atoms with Crippen molar-refractivity contribution in [1.82, 2.24) is 4.98 Å². The molecular weight excluding hydrogens is 130 g/mol. The number of aryl methyl sites for hydroxylation is 1. The number of rotatable bonds is 1. The molecule has 0 fully saturated rings. The second-order valence-corrected chi connectivity index (χ2v) is 2.16. The van der Waals surface area contributed by atoms with Crippen molar-refractivity contribution in [1.29, 1.82) is 0 Å². The van der Waals surface area contributed by atoms with Crippen molar-refractivity contribution >= 4 is 0 Å². The number of aromatic amines is 1. The Hall–Kier alpha value is -1.09. The standard InChI is InChI=1S/C7H9NO2/c1-5-2-7(10)6(4-9)3-8-5/h2-3,9H,4H2,1H3,(H,8,10). The lowest BCUT2D eigenvalue weighted by Gasteiger charge is -1.94. The van der Waals surface area contributed by atoms with Gasteiger partial charge in [0.25, 0.3) is 0 Å². The van der Waals surface area contributed by atoms with Crippen LogP contribution in [-0.4, -0.2) is 10.1 Å². The second kappa shape index (κ2) is 2.66. The van der Waals surface area contributed by atoms with E-state index in [9.17, 15) is 4.79 Å². The molecule has 0 saturated carbocycles. The summed E-state index contributed by atoms with van der Waals surface area (Å²) < 4.78 is 0. The molecule has 3 heteroatoms. The Morgan fingerprint density at radius 3 is 2.90 bits per heavy atom. The van der Waals surface area contributed by atoms with Crippen LogP contribution in [0.5, 0.6) is 0 Å². The third-order valence-electron chi connectivity index (χ3n) is 1.31. The van der Waals surface area contributed by atoms with Crippen LogP contribution in [-0.2, 0) is 6.61 Å². The van der Waals surface area contributed by atoms with Crippen LogP contribution in [0.3, 0.4) is 0 Å². The molecule has 0 saturated heterocycles. The molecule has 0 unspecified atom stereocenters. The molecule has 0 bridgehead atoms. The molecule has 0 atom stereocenters. The zero-order valence-corrected chi connectivity index (χ0v) is 5.72. The smallest absolute Gasteiger partial charge is 0.187 e. The summed E-state index contributed by atoms with van der Waals surface area (Å²) in [5, 5.41) is 8.59. The molecule has 0 aliphatic rings. The van der Waals surface area contributed by atoms with Crippen molar-refractivity contribution in [3.05, 3.63) is 33.7 Å². The zero-order chi connectivity index (χ0) is 7.56. The maximum Gasteiger partial charge on any atom is 0.187 e. The highest BCUT2D eigenvalue weighted by Gasteiger charge is 1.94. The van der Waals surface area contributed by atoms with Gasteiger partial charge in [-0.1, -0.05) is 0 Å². The summed E-state index contributed by atoms with van der Waals surface area (Å²) in [5.74, 6) is 0. The third-order valence-corrected chi connectivity index (χ3v) is 1.31. The molecule has 1 heterocycles. The summed E-state index contributed by atoms with van der Waals surface area (Å²) in [5.41, 5.74) is 1.10. The number of nitrogens with one attached hydrogen (secondary N) is 1. The van der Waals surface area contributed by atoms with Gasteiger partial charge < -0.3 is 10.1 Å². The molecule has 1 aromatic rings. The minimum atomic E-state index is -0.199. The van der Waals surface area contributed by atoms with E-state index in [4.69, 9.17) is 5.11 Å². The van der Waals surface area contributed by atoms with Gasteiger partial charge in [0.1, 0.15) is 0 Å². The molecule has 1 rings (SSSR count). The van der Waals surface area contributed by atoms with Gasteiger partial charge in [0.2, 0.25) is 0 Å². The predicted octanol–water partition coefficient (Wildman–Crippen LogP) is 0.176. The molecular formula is C7H9NO2. The van der Waals surface area contributed by atoms with E-state index in [1.165, 1.54) is 12.3 Å². The topological polar surface area (TPSA) is 53.1 Å². The Morgan fingerprint density at radius 2 is 2.40 bits per heavy atom. The molecule has 0 aliphatic heterocycles. The maximum atomic E-state index is 10.9. The molecule has 0 aliphatic carbocycles. The maximum absolute atomic E-state index is 10.9. The van der Waals surface area contributed by atoms with Crippen LogP contribution in [0.15, 0.2) is 17.1 Å². The number of aromatic nitrogens is 1. The minimum absolute atomic E-state index is 0.112. The average molecular weight is 139 g/mol. The molecule has 2 N–H and O–H groups in total. The van der Waals surface area contributed by atoms with Crippen LogP contribution in [0.1, 0.15) is 11.3 Å². The molecule has 0 radical (unpaired) electrons. The molecule has 0 aromatic carbocycles. The Kier molecular flexibility index (Phi) is 1.87. The molecule has 3 nitrogen and oxygen atoms in total. The van der Waals surface area contributed by atoms with E-state index >= 15 is 0 Å². The molecule has 0 amide bonds. The Morgan fingerprint density at radius 1 is 1.70 bits per heavy atom. The number of pyridine rings is 1. The number of hydrogen-bond acceptors (Lipinski definition) is 2. The fraction of sp³-hybridized carbons (Fsp3) is 0.286. The van der Waals surface area contributed by atoms with Crippen molar-refractivity contribution in [2.24, 2.45) is 0 Å². The van der Waals surface area contributed by atoms with Gasteiger partial charge in [-0.25, -0.2) is 0 Å². The van der Waals surface area contributed by atoms with E-state index in [0.717, 1.165) is 5.69 Å². The quantitative estimate of drug-likeness (QED) is 0.583. The largest absolute Gasteiger partial charge is 0.391 e. The molecule has 10 heavy (non-hydrogen) atoms. The third kappa shape index (κ3) is 1.25. The van der Waals surface area contributed by atoms with Crippen LogP contribution in [0, 0.1) is 6.92 Å². The van der Waals surface area contributed by atoms with Gasteiger partial charge in [0, 0.05) is 23.5 Å². The lowest BCUT2D eigenvalue weighted by atomic mass is 10.2. The lowest BCUT2D eigenvalue weighted by Crippen LogP contribution is -2.08. The van der Waals surface area contributed by atoms with E-state index in [1.807, 2.05) is 0 Å². The van der Waals surface area contributed by atoms with Crippen LogP contribution in [0.25, 0.3) is 0 Å². The van der Waals surface area contributed by atoms with E-state index in [0.29, 0.717) is 5.56 Å². The van der Waals surface area contributed by atoms with E-state index in [2.05, 4.69) is 4.98 Å². The fourth-order valence-electron chi connectivity index (χ4n) is 0.727. The normalized spacial score (nSPS) is 9.80. The highest BCUT2D eigenvalue weighted by atomic mass is 16.3. The Bertz CT molecular complexity index is 277.